The summed E-state index contributed by atoms with van der Waals surface area (Å²) in [6.45, 7) is 3.91. The van der Waals surface area contributed by atoms with Gasteiger partial charge in [-0.3, -0.25) is 4.79 Å². The molecule has 0 bridgehead atoms. The Morgan fingerprint density at radius 1 is 1.19 bits per heavy atom. The van der Waals surface area contributed by atoms with Crippen molar-refractivity contribution in [2.24, 2.45) is 0 Å². The van der Waals surface area contributed by atoms with E-state index in [1.165, 1.54) is 22.0 Å². The zero-order valence-electron chi connectivity index (χ0n) is 14.6. The molecule has 0 saturated heterocycles. The third-order valence-electron chi connectivity index (χ3n) is 4.32. The monoisotopic (exact) mass is 388 g/mol. The number of aryl methyl sites for hydroxylation is 2. The fraction of sp³-hybridized carbons (Fsp3) is 0.200. The maximum Gasteiger partial charge on any atom is 0.417 e. The molecule has 0 aliphatic heterocycles. The molecule has 27 heavy (non-hydrogen) atoms. The van der Waals surface area contributed by atoms with E-state index >= 15 is 0 Å². The number of benzene rings is 1. The standard InChI is InChI=1S/C20H15F3N2OS/c1-12-5-6-14(13(2)8-12)11-25-17(18-4-3-7-27-18)9-16(20(21,22)23)15(10-24)19(25)26/h3-9H,11H2,1-2H3. The fourth-order valence-electron chi connectivity index (χ4n) is 2.96. The van der Waals surface area contributed by atoms with Crippen molar-refractivity contribution in [3.63, 3.8) is 0 Å². The number of hydrogen-bond donors (Lipinski definition) is 0. The third kappa shape index (κ3) is 3.67. The molecule has 3 nitrogen and oxygen atoms in total. The van der Waals surface area contributed by atoms with Crippen molar-refractivity contribution < 1.29 is 13.2 Å². The van der Waals surface area contributed by atoms with Crippen LogP contribution in [0.3, 0.4) is 0 Å². The van der Waals surface area contributed by atoms with Gasteiger partial charge >= 0.3 is 6.18 Å². The lowest BCUT2D eigenvalue weighted by molar-refractivity contribution is -0.137. The fourth-order valence-corrected chi connectivity index (χ4v) is 3.71. The van der Waals surface area contributed by atoms with E-state index < -0.39 is 22.9 Å². The highest BCUT2D eigenvalue weighted by Crippen LogP contribution is 2.34. The largest absolute Gasteiger partial charge is 0.417 e. The molecule has 7 heteroatoms. The van der Waals surface area contributed by atoms with Gasteiger partial charge in [0.1, 0.15) is 11.6 Å². The molecule has 0 saturated carbocycles. The summed E-state index contributed by atoms with van der Waals surface area (Å²) in [4.78, 5) is 13.3. The van der Waals surface area contributed by atoms with Crippen molar-refractivity contribution in [1.82, 2.24) is 4.57 Å². The molecular formula is C20H15F3N2OS. The summed E-state index contributed by atoms with van der Waals surface area (Å²) in [5, 5.41) is 10.9. The number of alkyl halides is 3. The van der Waals surface area contributed by atoms with Crippen molar-refractivity contribution in [1.29, 1.82) is 5.26 Å². The number of nitriles is 1. The van der Waals surface area contributed by atoms with Gasteiger partial charge in [0.05, 0.1) is 22.7 Å². The molecule has 0 aliphatic rings. The predicted molar refractivity (Wildman–Crippen MR) is 98.8 cm³/mol. The number of rotatable bonds is 3. The van der Waals surface area contributed by atoms with E-state index in [1.807, 2.05) is 32.0 Å². The van der Waals surface area contributed by atoms with Gasteiger partial charge in [-0.25, -0.2) is 0 Å². The number of nitrogens with zero attached hydrogens (tertiary/aromatic N) is 2. The third-order valence-corrected chi connectivity index (χ3v) is 5.21. The van der Waals surface area contributed by atoms with Crippen LogP contribution < -0.4 is 5.56 Å². The summed E-state index contributed by atoms with van der Waals surface area (Å²) < 4.78 is 41.5. The Morgan fingerprint density at radius 3 is 2.48 bits per heavy atom. The van der Waals surface area contributed by atoms with E-state index in [1.54, 1.807) is 17.5 Å². The maximum absolute atomic E-state index is 13.4. The van der Waals surface area contributed by atoms with Crippen molar-refractivity contribution >= 4 is 11.3 Å². The van der Waals surface area contributed by atoms with Crippen molar-refractivity contribution in [3.05, 3.63) is 79.9 Å². The lowest BCUT2D eigenvalue weighted by Gasteiger charge is -2.17. The zero-order valence-corrected chi connectivity index (χ0v) is 15.4. The van der Waals surface area contributed by atoms with Crippen LogP contribution in [-0.2, 0) is 12.7 Å². The van der Waals surface area contributed by atoms with Gasteiger partial charge in [0.25, 0.3) is 5.56 Å². The second-order valence-electron chi connectivity index (χ2n) is 6.23. The number of halogens is 3. The normalized spacial score (nSPS) is 11.4. The van der Waals surface area contributed by atoms with Gasteiger partial charge in [-0.05, 0) is 42.5 Å². The van der Waals surface area contributed by atoms with Crippen LogP contribution in [0.1, 0.15) is 27.8 Å². The quantitative estimate of drug-likeness (QED) is 0.624. The molecule has 0 unspecified atom stereocenters. The summed E-state index contributed by atoms with van der Waals surface area (Å²) in [6.07, 6.45) is -4.78. The van der Waals surface area contributed by atoms with Gasteiger partial charge in [-0.1, -0.05) is 29.8 Å². The molecule has 0 spiro atoms. The first-order chi connectivity index (χ1) is 12.7. The summed E-state index contributed by atoms with van der Waals surface area (Å²) in [5.74, 6) is 0. The molecule has 2 aromatic heterocycles. The Bertz CT molecular complexity index is 1090. The molecule has 3 rings (SSSR count). The minimum Gasteiger partial charge on any atom is -0.302 e. The smallest absolute Gasteiger partial charge is 0.302 e. The number of aromatic nitrogens is 1. The Balaban J connectivity index is 2.29. The second-order valence-corrected chi connectivity index (χ2v) is 7.17. The SMILES string of the molecule is Cc1ccc(Cn2c(-c3cccs3)cc(C(F)(F)F)c(C#N)c2=O)c(C)c1. The van der Waals surface area contributed by atoms with Crippen LogP contribution in [0.15, 0.2) is 46.6 Å². The molecule has 1 aromatic carbocycles. The zero-order chi connectivity index (χ0) is 19.8. The van der Waals surface area contributed by atoms with E-state index in [-0.39, 0.29) is 12.2 Å². The highest BCUT2D eigenvalue weighted by molar-refractivity contribution is 7.13. The summed E-state index contributed by atoms with van der Waals surface area (Å²) in [7, 11) is 0. The van der Waals surface area contributed by atoms with Gasteiger partial charge < -0.3 is 4.57 Å². The number of thiophene rings is 1. The van der Waals surface area contributed by atoms with Crippen LogP contribution in [-0.4, -0.2) is 4.57 Å². The van der Waals surface area contributed by atoms with Crippen LogP contribution in [0.25, 0.3) is 10.6 Å². The summed E-state index contributed by atoms with van der Waals surface area (Å²) in [5.41, 5.74) is -0.0753. The Labute approximate surface area is 157 Å². The highest BCUT2D eigenvalue weighted by Gasteiger charge is 2.36. The van der Waals surface area contributed by atoms with Gasteiger partial charge in [0, 0.05) is 0 Å². The van der Waals surface area contributed by atoms with Crippen LogP contribution >= 0.6 is 11.3 Å². The molecule has 3 aromatic rings. The van der Waals surface area contributed by atoms with E-state index in [0.29, 0.717) is 4.88 Å². The van der Waals surface area contributed by atoms with E-state index in [9.17, 15) is 23.2 Å². The lowest BCUT2D eigenvalue weighted by atomic mass is 10.0. The van der Waals surface area contributed by atoms with Crippen LogP contribution in [0.2, 0.25) is 0 Å². The molecular weight excluding hydrogens is 373 g/mol. The minimum absolute atomic E-state index is 0.0883. The average Bonchev–Trinajstić information content (AvgIpc) is 3.11. The van der Waals surface area contributed by atoms with Gasteiger partial charge in [0.15, 0.2) is 0 Å². The van der Waals surface area contributed by atoms with Crippen LogP contribution in [0.5, 0.6) is 0 Å². The van der Waals surface area contributed by atoms with Crippen molar-refractivity contribution in [3.8, 4) is 16.6 Å². The van der Waals surface area contributed by atoms with Crippen LogP contribution in [0.4, 0.5) is 13.2 Å². The molecule has 0 fully saturated rings. The summed E-state index contributed by atoms with van der Waals surface area (Å²) >= 11 is 1.24. The first-order valence-electron chi connectivity index (χ1n) is 8.07. The maximum atomic E-state index is 13.4. The first kappa shape index (κ1) is 18.9. The topological polar surface area (TPSA) is 45.8 Å². The average molecular weight is 388 g/mol. The van der Waals surface area contributed by atoms with Gasteiger partial charge in [-0.15, -0.1) is 11.3 Å². The molecule has 0 N–H and O–H groups in total. The minimum atomic E-state index is -4.78. The summed E-state index contributed by atoms with van der Waals surface area (Å²) in [6, 6.07) is 11.4. The Kier molecular flexibility index (Phi) is 4.94. The van der Waals surface area contributed by atoms with Crippen LogP contribution in [0, 0.1) is 25.2 Å². The molecule has 0 aliphatic carbocycles. The lowest BCUT2D eigenvalue weighted by Crippen LogP contribution is -2.28. The van der Waals surface area contributed by atoms with Gasteiger partial charge in [-0.2, -0.15) is 18.4 Å². The highest BCUT2D eigenvalue weighted by atomic mass is 32.1. The number of pyridine rings is 1. The predicted octanol–water partition coefficient (Wildman–Crippen LogP) is 5.13. The van der Waals surface area contributed by atoms with Crippen molar-refractivity contribution in [2.45, 2.75) is 26.6 Å². The molecule has 0 radical (unpaired) electrons. The molecule has 138 valence electrons. The Hall–Kier alpha value is -2.85. The second kappa shape index (κ2) is 7.05. The molecule has 0 atom stereocenters. The molecule has 0 amide bonds. The van der Waals surface area contributed by atoms with Crippen molar-refractivity contribution in [2.75, 3.05) is 0 Å². The first-order valence-corrected chi connectivity index (χ1v) is 8.95. The Morgan fingerprint density at radius 2 is 1.93 bits per heavy atom. The van der Waals surface area contributed by atoms with Gasteiger partial charge in [0.2, 0.25) is 0 Å². The van der Waals surface area contributed by atoms with E-state index in [4.69, 9.17) is 0 Å². The number of hydrogen-bond acceptors (Lipinski definition) is 3. The van der Waals surface area contributed by atoms with E-state index in [2.05, 4.69) is 0 Å². The molecule has 2 heterocycles. The van der Waals surface area contributed by atoms with E-state index in [0.717, 1.165) is 22.8 Å².